The predicted molar refractivity (Wildman–Crippen MR) is 182 cm³/mol. The Bertz CT molecular complexity index is 1730. The molecular weight excluding hydrogens is 598 g/mol. The van der Waals surface area contributed by atoms with Crippen molar-refractivity contribution in [3.8, 4) is 5.75 Å². The van der Waals surface area contributed by atoms with Crippen LogP contribution in [-0.4, -0.2) is 50.9 Å². The number of aryl methyl sites for hydroxylation is 2. The average molecular weight is 642 g/mol. The van der Waals surface area contributed by atoms with Crippen LogP contribution in [0.4, 0.5) is 5.69 Å². The average Bonchev–Trinajstić information content (AvgIpc) is 3.05. The van der Waals surface area contributed by atoms with E-state index in [2.05, 4.69) is 5.32 Å². The second kappa shape index (κ2) is 15.6. The summed E-state index contributed by atoms with van der Waals surface area (Å²) in [6.07, 6.45) is 0.964. The Hall–Kier alpha value is -4.63. The van der Waals surface area contributed by atoms with Crippen molar-refractivity contribution in [3.05, 3.63) is 125 Å². The van der Waals surface area contributed by atoms with Crippen molar-refractivity contribution < 1.29 is 22.7 Å². The van der Waals surface area contributed by atoms with Gasteiger partial charge in [-0.1, -0.05) is 96.9 Å². The SMILES string of the molecule is CC[C@@H](C)NC(=O)[C@@H](Cc1ccccc1)N(Cc1cccc(C)c1)C(=O)CN(c1ccccc1OC)S(=O)(=O)c1ccc(C)cc1. The van der Waals surface area contributed by atoms with E-state index in [9.17, 15) is 18.0 Å². The summed E-state index contributed by atoms with van der Waals surface area (Å²) in [5, 5.41) is 3.06. The van der Waals surface area contributed by atoms with Crippen LogP contribution in [0.15, 0.2) is 108 Å². The maximum absolute atomic E-state index is 14.6. The van der Waals surface area contributed by atoms with E-state index in [4.69, 9.17) is 4.74 Å². The minimum atomic E-state index is -4.23. The van der Waals surface area contributed by atoms with Gasteiger partial charge in [0.25, 0.3) is 10.0 Å². The highest BCUT2D eigenvalue weighted by atomic mass is 32.2. The van der Waals surface area contributed by atoms with Crippen molar-refractivity contribution in [1.29, 1.82) is 0 Å². The molecule has 4 rings (SSSR count). The number of anilines is 1. The molecule has 2 atom stereocenters. The van der Waals surface area contributed by atoms with Crippen LogP contribution in [0.5, 0.6) is 5.75 Å². The topological polar surface area (TPSA) is 96.0 Å². The lowest BCUT2D eigenvalue weighted by Gasteiger charge is -2.34. The van der Waals surface area contributed by atoms with Gasteiger partial charge in [0, 0.05) is 19.0 Å². The molecule has 0 heterocycles. The summed E-state index contributed by atoms with van der Waals surface area (Å²) in [4.78, 5) is 30.2. The number of carbonyl (C=O) groups excluding carboxylic acids is 2. The molecule has 0 aromatic heterocycles. The van der Waals surface area contributed by atoms with Crippen molar-refractivity contribution >= 4 is 27.5 Å². The number of rotatable bonds is 14. The first-order chi connectivity index (χ1) is 22.0. The number of hydrogen-bond donors (Lipinski definition) is 1. The van der Waals surface area contributed by atoms with E-state index < -0.39 is 28.5 Å². The van der Waals surface area contributed by atoms with E-state index in [-0.39, 0.29) is 35.5 Å². The maximum atomic E-state index is 14.6. The minimum absolute atomic E-state index is 0.0392. The molecule has 4 aromatic carbocycles. The summed E-state index contributed by atoms with van der Waals surface area (Å²) in [5.41, 5.74) is 3.83. The summed E-state index contributed by atoms with van der Waals surface area (Å²) >= 11 is 0. The Kier molecular flexibility index (Phi) is 11.6. The van der Waals surface area contributed by atoms with Crippen LogP contribution in [-0.2, 0) is 32.6 Å². The Morgan fingerprint density at radius 2 is 1.48 bits per heavy atom. The Morgan fingerprint density at radius 3 is 2.13 bits per heavy atom. The van der Waals surface area contributed by atoms with Crippen LogP contribution in [0.25, 0.3) is 0 Å². The molecule has 4 aromatic rings. The van der Waals surface area contributed by atoms with Crippen LogP contribution < -0.4 is 14.4 Å². The van der Waals surface area contributed by atoms with Gasteiger partial charge in [0.15, 0.2) is 0 Å². The smallest absolute Gasteiger partial charge is 0.264 e. The van der Waals surface area contributed by atoms with Crippen molar-refractivity contribution in [2.75, 3.05) is 18.0 Å². The second-order valence-corrected chi connectivity index (χ2v) is 13.4. The molecular formula is C37H43N3O5S. The van der Waals surface area contributed by atoms with E-state index in [1.807, 2.05) is 82.3 Å². The first-order valence-electron chi connectivity index (χ1n) is 15.4. The number of hydrogen-bond acceptors (Lipinski definition) is 5. The normalized spacial score (nSPS) is 12.5. The molecule has 0 fully saturated rings. The van der Waals surface area contributed by atoms with E-state index in [0.717, 1.165) is 26.6 Å². The zero-order valence-corrected chi connectivity index (χ0v) is 28.0. The van der Waals surface area contributed by atoms with Crippen LogP contribution in [0.2, 0.25) is 0 Å². The quantitative estimate of drug-likeness (QED) is 0.181. The van der Waals surface area contributed by atoms with Crippen LogP contribution in [0.3, 0.4) is 0 Å². The molecule has 46 heavy (non-hydrogen) atoms. The number of carbonyl (C=O) groups is 2. The highest BCUT2D eigenvalue weighted by Gasteiger charge is 2.35. The summed E-state index contributed by atoms with van der Waals surface area (Å²) in [6, 6.07) is 29.4. The van der Waals surface area contributed by atoms with E-state index in [1.54, 1.807) is 36.4 Å². The van der Waals surface area contributed by atoms with E-state index >= 15 is 0 Å². The fourth-order valence-electron chi connectivity index (χ4n) is 5.19. The summed E-state index contributed by atoms with van der Waals surface area (Å²) in [7, 11) is -2.78. The third-order valence-electron chi connectivity index (χ3n) is 7.95. The Labute approximate surface area is 273 Å². The van der Waals surface area contributed by atoms with Gasteiger partial charge in [0.1, 0.15) is 18.3 Å². The molecule has 0 aliphatic carbocycles. The molecule has 9 heteroatoms. The first-order valence-corrected chi connectivity index (χ1v) is 16.9. The fraction of sp³-hybridized carbons (Fsp3) is 0.297. The van der Waals surface area contributed by atoms with Gasteiger partial charge in [-0.05, 0) is 62.6 Å². The molecule has 0 aliphatic heterocycles. The maximum Gasteiger partial charge on any atom is 0.264 e. The number of benzene rings is 4. The van der Waals surface area contributed by atoms with Crippen molar-refractivity contribution in [2.45, 2.75) is 64.1 Å². The highest BCUT2D eigenvalue weighted by Crippen LogP contribution is 2.33. The Balaban J connectivity index is 1.84. The lowest BCUT2D eigenvalue weighted by atomic mass is 10.0. The van der Waals surface area contributed by atoms with E-state index in [1.165, 1.54) is 24.1 Å². The lowest BCUT2D eigenvalue weighted by molar-refractivity contribution is -0.140. The molecule has 0 bridgehead atoms. The molecule has 0 aliphatic rings. The number of nitrogens with one attached hydrogen (secondary N) is 1. The molecule has 0 saturated heterocycles. The van der Waals surface area contributed by atoms with E-state index in [0.29, 0.717) is 12.2 Å². The van der Waals surface area contributed by atoms with Gasteiger partial charge in [-0.2, -0.15) is 0 Å². The summed E-state index contributed by atoms with van der Waals surface area (Å²) < 4.78 is 35.2. The third kappa shape index (κ3) is 8.54. The number of methoxy groups -OCH3 is 1. The van der Waals surface area contributed by atoms with Gasteiger partial charge in [-0.15, -0.1) is 0 Å². The van der Waals surface area contributed by atoms with Gasteiger partial charge >= 0.3 is 0 Å². The summed E-state index contributed by atoms with van der Waals surface area (Å²) in [6.45, 7) is 7.29. The number of para-hydroxylation sites is 2. The molecule has 1 N–H and O–H groups in total. The number of nitrogens with zero attached hydrogens (tertiary/aromatic N) is 2. The Morgan fingerprint density at radius 1 is 0.826 bits per heavy atom. The second-order valence-electron chi connectivity index (χ2n) is 11.5. The molecule has 2 amide bonds. The number of ether oxygens (including phenoxy) is 1. The largest absolute Gasteiger partial charge is 0.495 e. The van der Waals surface area contributed by atoms with Gasteiger partial charge in [-0.3, -0.25) is 13.9 Å². The third-order valence-corrected chi connectivity index (χ3v) is 9.72. The standard InChI is InChI=1S/C37H43N3O5S/c1-6-29(4)38-37(42)34(24-30-14-8-7-9-15-30)39(25-31-16-12-13-28(3)23-31)36(41)26-40(33-17-10-11-18-35(33)45-5)46(43,44)32-21-19-27(2)20-22-32/h7-23,29,34H,6,24-26H2,1-5H3,(H,38,42)/t29-,34-/m1/s1. The van der Waals surface area contributed by atoms with Gasteiger partial charge in [-0.25, -0.2) is 8.42 Å². The predicted octanol–water partition coefficient (Wildman–Crippen LogP) is 6.06. The van der Waals surface area contributed by atoms with Crippen molar-refractivity contribution in [2.24, 2.45) is 0 Å². The molecule has 242 valence electrons. The molecule has 0 unspecified atom stereocenters. The van der Waals surface area contributed by atoms with Crippen LogP contribution in [0, 0.1) is 13.8 Å². The number of amides is 2. The fourth-order valence-corrected chi connectivity index (χ4v) is 6.61. The lowest BCUT2D eigenvalue weighted by Crippen LogP contribution is -2.54. The molecule has 0 spiro atoms. The molecule has 8 nitrogen and oxygen atoms in total. The minimum Gasteiger partial charge on any atom is -0.495 e. The highest BCUT2D eigenvalue weighted by molar-refractivity contribution is 7.92. The van der Waals surface area contributed by atoms with Gasteiger partial charge in [0.2, 0.25) is 11.8 Å². The molecule has 0 saturated carbocycles. The van der Waals surface area contributed by atoms with Crippen molar-refractivity contribution in [1.82, 2.24) is 10.2 Å². The van der Waals surface area contributed by atoms with Gasteiger partial charge < -0.3 is 15.0 Å². The zero-order chi connectivity index (χ0) is 33.3. The summed E-state index contributed by atoms with van der Waals surface area (Å²) in [5.74, 6) is -0.528. The first kappa shape index (κ1) is 34.2. The van der Waals surface area contributed by atoms with Crippen LogP contribution >= 0.6 is 0 Å². The van der Waals surface area contributed by atoms with Crippen LogP contribution in [0.1, 0.15) is 42.5 Å². The molecule has 0 radical (unpaired) electrons. The number of sulfonamides is 1. The monoisotopic (exact) mass is 641 g/mol. The van der Waals surface area contributed by atoms with Gasteiger partial charge in [0.05, 0.1) is 17.7 Å². The van der Waals surface area contributed by atoms with Crippen molar-refractivity contribution in [3.63, 3.8) is 0 Å². The zero-order valence-electron chi connectivity index (χ0n) is 27.1.